The molecule has 1 N–H and O–H groups in total. The van der Waals surface area contributed by atoms with Crippen molar-refractivity contribution in [2.24, 2.45) is 5.92 Å². The fraction of sp³-hybridized carbons (Fsp3) is 0.280. The average molecular weight is 452 g/mol. The Kier molecular flexibility index (Phi) is 6.55. The Morgan fingerprint density at radius 2 is 1.91 bits per heavy atom. The number of rotatable bonds is 8. The van der Waals surface area contributed by atoms with Crippen molar-refractivity contribution in [3.8, 4) is 0 Å². The van der Waals surface area contributed by atoms with E-state index in [0.29, 0.717) is 18.2 Å². The summed E-state index contributed by atoms with van der Waals surface area (Å²) in [7, 11) is 3.91. The van der Waals surface area contributed by atoms with E-state index >= 15 is 0 Å². The second kappa shape index (κ2) is 9.53. The summed E-state index contributed by atoms with van der Waals surface area (Å²) >= 11 is 1.45. The number of carbonyl (C=O) groups excluding carboxylic acids is 2. The summed E-state index contributed by atoms with van der Waals surface area (Å²) in [6, 6.07) is 15.0. The van der Waals surface area contributed by atoms with Crippen molar-refractivity contribution in [3.05, 3.63) is 81.8 Å². The van der Waals surface area contributed by atoms with Crippen LogP contribution in [0.25, 0.3) is 0 Å². The maximum absolute atomic E-state index is 13.5. The molecule has 2 aromatic carbocycles. The summed E-state index contributed by atoms with van der Waals surface area (Å²) < 4.78 is 13.5. The first kappa shape index (κ1) is 22.0. The van der Waals surface area contributed by atoms with Crippen LogP contribution >= 0.6 is 11.3 Å². The number of hydrogen-bond acceptors (Lipinski definition) is 4. The van der Waals surface area contributed by atoms with Gasteiger partial charge in [-0.25, -0.2) is 4.39 Å². The lowest BCUT2D eigenvalue weighted by molar-refractivity contribution is 0.0740. The van der Waals surface area contributed by atoms with Crippen LogP contribution in [0, 0.1) is 11.7 Å². The fourth-order valence-electron chi connectivity index (χ4n) is 3.65. The van der Waals surface area contributed by atoms with Crippen molar-refractivity contribution in [3.63, 3.8) is 0 Å². The highest BCUT2D eigenvalue weighted by molar-refractivity contribution is 7.12. The zero-order valence-corrected chi connectivity index (χ0v) is 19.0. The molecule has 1 heterocycles. The highest BCUT2D eigenvalue weighted by atomic mass is 32.1. The topological polar surface area (TPSA) is 52.7 Å². The number of anilines is 2. The predicted octanol–water partition coefficient (Wildman–Crippen LogP) is 5.26. The van der Waals surface area contributed by atoms with Gasteiger partial charge in [-0.05, 0) is 72.2 Å². The van der Waals surface area contributed by atoms with Gasteiger partial charge in [-0.3, -0.25) is 9.59 Å². The van der Waals surface area contributed by atoms with Gasteiger partial charge < -0.3 is 15.1 Å². The molecule has 1 saturated carbocycles. The zero-order valence-electron chi connectivity index (χ0n) is 18.2. The van der Waals surface area contributed by atoms with E-state index in [1.165, 1.54) is 29.5 Å². The third-order valence-electron chi connectivity index (χ3n) is 5.46. The summed E-state index contributed by atoms with van der Waals surface area (Å²) in [5.74, 6) is -0.245. The van der Waals surface area contributed by atoms with E-state index in [9.17, 15) is 14.0 Å². The lowest BCUT2D eigenvalue weighted by Gasteiger charge is -2.26. The van der Waals surface area contributed by atoms with E-state index in [2.05, 4.69) is 5.32 Å². The Labute approximate surface area is 191 Å². The van der Waals surface area contributed by atoms with Gasteiger partial charge in [0.1, 0.15) is 5.82 Å². The van der Waals surface area contributed by atoms with E-state index < -0.39 is 5.82 Å². The van der Waals surface area contributed by atoms with Crippen LogP contribution in [0.4, 0.5) is 15.8 Å². The Balaban J connectivity index is 1.59. The Morgan fingerprint density at radius 3 is 2.56 bits per heavy atom. The van der Waals surface area contributed by atoms with Crippen LogP contribution < -0.4 is 10.2 Å². The lowest BCUT2D eigenvalue weighted by Crippen LogP contribution is -2.32. The molecular formula is C25H26FN3O2S. The quantitative estimate of drug-likeness (QED) is 0.508. The van der Waals surface area contributed by atoms with Gasteiger partial charge in [0.2, 0.25) is 0 Å². The summed E-state index contributed by atoms with van der Waals surface area (Å²) in [6.07, 6.45) is 2.30. The molecular weight excluding hydrogens is 425 g/mol. The third kappa shape index (κ3) is 5.34. The first-order chi connectivity index (χ1) is 15.4. The van der Waals surface area contributed by atoms with E-state index in [-0.39, 0.29) is 17.4 Å². The summed E-state index contributed by atoms with van der Waals surface area (Å²) in [5, 5.41) is 4.76. The first-order valence-electron chi connectivity index (χ1n) is 10.6. The molecule has 5 nitrogen and oxygen atoms in total. The molecule has 0 bridgehead atoms. The number of benzene rings is 2. The highest BCUT2D eigenvalue weighted by Crippen LogP contribution is 2.32. The van der Waals surface area contributed by atoms with Crippen molar-refractivity contribution < 1.29 is 14.0 Å². The van der Waals surface area contributed by atoms with E-state index in [1.807, 2.05) is 59.6 Å². The molecule has 0 spiro atoms. The molecule has 0 radical (unpaired) electrons. The number of hydrogen-bond donors (Lipinski definition) is 1. The van der Waals surface area contributed by atoms with Gasteiger partial charge in [0.25, 0.3) is 11.8 Å². The van der Waals surface area contributed by atoms with E-state index in [0.717, 1.165) is 35.5 Å². The average Bonchev–Trinajstić information content (AvgIpc) is 3.41. The van der Waals surface area contributed by atoms with Crippen LogP contribution in [0.2, 0.25) is 0 Å². The number of halogens is 1. The van der Waals surface area contributed by atoms with Crippen molar-refractivity contribution >= 4 is 34.5 Å². The van der Waals surface area contributed by atoms with Crippen LogP contribution in [0.5, 0.6) is 0 Å². The molecule has 2 amide bonds. The molecule has 7 heteroatoms. The normalized spacial score (nSPS) is 13.0. The molecule has 4 rings (SSSR count). The lowest BCUT2D eigenvalue weighted by atomic mass is 10.1. The Morgan fingerprint density at radius 1 is 1.09 bits per heavy atom. The molecule has 1 fully saturated rings. The number of nitrogens with one attached hydrogen (secondary N) is 1. The molecule has 166 valence electrons. The van der Waals surface area contributed by atoms with Gasteiger partial charge in [-0.15, -0.1) is 11.3 Å². The molecule has 0 atom stereocenters. The van der Waals surface area contributed by atoms with Gasteiger partial charge in [0.15, 0.2) is 0 Å². The largest absolute Gasteiger partial charge is 0.377 e. The molecule has 0 unspecified atom stereocenters. The van der Waals surface area contributed by atoms with Gasteiger partial charge in [0, 0.05) is 44.1 Å². The van der Waals surface area contributed by atoms with Crippen molar-refractivity contribution in [1.29, 1.82) is 0 Å². The number of thiophene rings is 1. The zero-order chi connectivity index (χ0) is 22.7. The van der Waals surface area contributed by atoms with Crippen LogP contribution in [0.15, 0.2) is 60.0 Å². The van der Waals surface area contributed by atoms with Crippen LogP contribution in [-0.2, 0) is 6.54 Å². The molecule has 0 saturated heterocycles. The summed E-state index contributed by atoms with van der Waals surface area (Å²) in [4.78, 5) is 30.4. The first-order valence-corrected chi connectivity index (χ1v) is 11.5. The maximum atomic E-state index is 13.5. The van der Waals surface area contributed by atoms with Crippen LogP contribution in [0.3, 0.4) is 0 Å². The Hall–Kier alpha value is -3.19. The standard InChI is InChI=1S/C25H26FN3O2S/c1-28(2)22-11-10-21(27-24(30)18-5-3-6-20(26)13-18)14-19(22)16-29(15-17-8-9-17)25(31)23-7-4-12-32-23/h3-7,10-14,17H,8-9,15-16H2,1-2H3,(H,27,30). The fourth-order valence-corrected chi connectivity index (χ4v) is 4.34. The highest BCUT2D eigenvalue weighted by Gasteiger charge is 2.28. The Bertz CT molecular complexity index is 1110. The molecule has 3 aromatic rings. The smallest absolute Gasteiger partial charge is 0.264 e. The van der Waals surface area contributed by atoms with Gasteiger partial charge in [-0.2, -0.15) is 0 Å². The SMILES string of the molecule is CN(C)c1ccc(NC(=O)c2cccc(F)c2)cc1CN(CC1CC1)C(=O)c1cccs1. The summed E-state index contributed by atoms with van der Waals surface area (Å²) in [5.41, 5.74) is 2.78. The second-order valence-corrected chi connectivity index (χ2v) is 9.26. The van der Waals surface area contributed by atoms with E-state index in [1.54, 1.807) is 6.07 Å². The van der Waals surface area contributed by atoms with Crippen LogP contribution in [-0.4, -0.2) is 37.4 Å². The van der Waals surface area contributed by atoms with E-state index in [4.69, 9.17) is 0 Å². The summed E-state index contributed by atoms with van der Waals surface area (Å²) in [6.45, 7) is 1.17. The molecule has 1 aliphatic carbocycles. The van der Waals surface area contributed by atoms with Crippen molar-refractivity contribution in [1.82, 2.24) is 4.90 Å². The monoisotopic (exact) mass is 451 g/mol. The van der Waals surface area contributed by atoms with Gasteiger partial charge in [0.05, 0.1) is 4.88 Å². The minimum Gasteiger partial charge on any atom is -0.377 e. The minimum atomic E-state index is -0.455. The number of amides is 2. The van der Waals surface area contributed by atoms with Gasteiger partial charge >= 0.3 is 0 Å². The number of carbonyl (C=O) groups is 2. The molecule has 0 aliphatic heterocycles. The minimum absolute atomic E-state index is 0.0332. The van der Waals surface area contributed by atoms with Crippen LogP contribution in [0.1, 0.15) is 38.4 Å². The second-order valence-electron chi connectivity index (χ2n) is 8.31. The molecule has 1 aromatic heterocycles. The predicted molar refractivity (Wildman–Crippen MR) is 127 cm³/mol. The van der Waals surface area contributed by atoms with Crippen molar-refractivity contribution in [2.75, 3.05) is 30.9 Å². The third-order valence-corrected chi connectivity index (χ3v) is 6.32. The maximum Gasteiger partial charge on any atom is 0.264 e. The number of nitrogens with zero attached hydrogens (tertiary/aromatic N) is 2. The molecule has 32 heavy (non-hydrogen) atoms. The van der Waals surface area contributed by atoms with Gasteiger partial charge in [-0.1, -0.05) is 12.1 Å². The van der Waals surface area contributed by atoms with Crippen molar-refractivity contribution in [2.45, 2.75) is 19.4 Å². The molecule has 1 aliphatic rings.